The van der Waals surface area contributed by atoms with E-state index >= 15 is 0 Å². The molecule has 0 aromatic heterocycles. The van der Waals surface area contributed by atoms with E-state index in [0.717, 1.165) is 0 Å². The number of hydrogen-bond donors (Lipinski definition) is 4. The fraction of sp³-hybridized carbons (Fsp3) is 0. The van der Waals surface area contributed by atoms with Crippen LogP contribution in [0.4, 0.5) is 0 Å². The number of carboxylic acids is 2. The number of carboxylic acid groups (broad SMARTS) is 2. The van der Waals surface area contributed by atoms with Crippen molar-refractivity contribution in [3.63, 3.8) is 0 Å². The average Bonchev–Trinajstić information content (AvgIpc) is 2.61. The second-order valence-electron chi connectivity index (χ2n) is 5.59. The van der Waals surface area contributed by atoms with Crippen molar-refractivity contribution in [2.45, 2.75) is 0 Å². The van der Waals surface area contributed by atoms with Crippen LogP contribution in [-0.2, 0) is 0 Å². The van der Waals surface area contributed by atoms with E-state index in [9.17, 15) is 30.0 Å². The first-order valence-corrected chi connectivity index (χ1v) is 7.61. The van der Waals surface area contributed by atoms with Gasteiger partial charge in [0.1, 0.15) is 11.5 Å². The lowest BCUT2D eigenvalue weighted by Gasteiger charge is -2.12. The summed E-state index contributed by atoms with van der Waals surface area (Å²) in [5.41, 5.74) is 1.15. The first kappa shape index (κ1) is 17.0. The van der Waals surface area contributed by atoms with Gasteiger partial charge in [-0.1, -0.05) is 36.4 Å². The number of phenols is 2. The number of hydrogen-bond acceptors (Lipinski definition) is 4. The van der Waals surface area contributed by atoms with E-state index in [1.54, 1.807) is 24.3 Å². The highest BCUT2D eigenvalue weighted by Gasteiger charge is 2.18. The van der Waals surface area contributed by atoms with Gasteiger partial charge in [-0.25, -0.2) is 9.59 Å². The minimum Gasteiger partial charge on any atom is -0.507 e. The molecule has 3 rings (SSSR count). The Kier molecular flexibility index (Phi) is 4.33. The van der Waals surface area contributed by atoms with E-state index in [4.69, 9.17) is 0 Å². The van der Waals surface area contributed by atoms with Gasteiger partial charge in [0.15, 0.2) is 0 Å². The lowest BCUT2D eigenvalue weighted by Crippen LogP contribution is -2.00. The van der Waals surface area contributed by atoms with Crippen molar-refractivity contribution in [3.8, 4) is 33.8 Å². The summed E-state index contributed by atoms with van der Waals surface area (Å²) in [4.78, 5) is 22.8. The van der Waals surface area contributed by atoms with E-state index in [1.165, 1.54) is 36.4 Å². The molecule has 4 N–H and O–H groups in total. The van der Waals surface area contributed by atoms with Crippen LogP contribution in [0.3, 0.4) is 0 Å². The Labute approximate surface area is 148 Å². The highest BCUT2D eigenvalue weighted by Crippen LogP contribution is 2.37. The summed E-state index contributed by atoms with van der Waals surface area (Å²) in [6.07, 6.45) is 0. The molecule has 0 bridgehead atoms. The van der Waals surface area contributed by atoms with Gasteiger partial charge >= 0.3 is 11.9 Å². The molecule has 3 aromatic rings. The fourth-order valence-corrected chi connectivity index (χ4v) is 2.85. The summed E-state index contributed by atoms with van der Waals surface area (Å²) >= 11 is 0. The Hall–Kier alpha value is -3.80. The third kappa shape index (κ3) is 2.95. The van der Waals surface area contributed by atoms with Crippen LogP contribution in [0.25, 0.3) is 22.3 Å². The zero-order valence-corrected chi connectivity index (χ0v) is 13.4. The number of benzene rings is 3. The summed E-state index contributed by atoms with van der Waals surface area (Å²) in [7, 11) is 0. The largest absolute Gasteiger partial charge is 0.507 e. The Morgan fingerprint density at radius 1 is 0.577 bits per heavy atom. The summed E-state index contributed by atoms with van der Waals surface area (Å²) in [5, 5.41) is 38.7. The second kappa shape index (κ2) is 6.60. The summed E-state index contributed by atoms with van der Waals surface area (Å²) < 4.78 is 0. The molecule has 0 spiro atoms. The van der Waals surface area contributed by atoms with Crippen LogP contribution >= 0.6 is 0 Å². The van der Waals surface area contributed by atoms with Crippen molar-refractivity contribution in [1.82, 2.24) is 0 Å². The van der Waals surface area contributed by atoms with Crippen LogP contribution in [0.1, 0.15) is 20.7 Å². The lowest BCUT2D eigenvalue weighted by molar-refractivity contribution is 0.0686. The third-order valence-corrected chi connectivity index (χ3v) is 4.01. The van der Waals surface area contributed by atoms with Gasteiger partial charge in [0.25, 0.3) is 0 Å². The zero-order chi connectivity index (χ0) is 18.8. The highest BCUT2D eigenvalue weighted by atomic mass is 16.4. The molecule has 6 nitrogen and oxygen atoms in total. The first-order chi connectivity index (χ1) is 12.4. The molecule has 0 atom stereocenters. The van der Waals surface area contributed by atoms with E-state index < -0.39 is 11.9 Å². The molecule has 0 aliphatic heterocycles. The Morgan fingerprint density at radius 3 is 1.23 bits per heavy atom. The SMILES string of the molecule is O=C(O)c1cccc(O)c1-c1ccc(-c2c(O)cccc2C(=O)O)cc1. The van der Waals surface area contributed by atoms with Crippen molar-refractivity contribution in [2.24, 2.45) is 0 Å². The van der Waals surface area contributed by atoms with E-state index in [0.29, 0.717) is 11.1 Å². The smallest absolute Gasteiger partial charge is 0.336 e. The van der Waals surface area contributed by atoms with Gasteiger partial charge in [0, 0.05) is 11.1 Å². The van der Waals surface area contributed by atoms with Gasteiger partial charge < -0.3 is 20.4 Å². The maximum Gasteiger partial charge on any atom is 0.336 e. The molecule has 0 heterocycles. The Balaban J connectivity index is 2.13. The van der Waals surface area contributed by atoms with Crippen LogP contribution in [-0.4, -0.2) is 32.4 Å². The molecule has 0 aliphatic rings. The lowest BCUT2D eigenvalue weighted by atomic mass is 9.94. The number of rotatable bonds is 4. The highest BCUT2D eigenvalue weighted by molar-refractivity contribution is 5.99. The van der Waals surface area contributed by atoms with E-state index in [-0.39, 0.29) is 33.8 Å². The first-order valence-electron chi connectivity index (χ1n) is 7.61. The number of aromatic hydroxyl groups is 2. The van der Waals surface area contributed by atoms with E-state index in [2.05, 4.69) is 0 Å². The molecular weight excluding hydrogens is 336 g/mol. The summed E-state index contributed by atoms with van der Waals surface area (Å²) in [5.74, 6) is -2.69. The van der Waals surface area contributed by atoms with Gasteiger partial charge in [-0.2, -0.15) is 0 Å². The summed E-state index contributed by atoms with van der Waals surface area (Å²) in [6.45, 7) is 0. The maximum absolute atomic E-state index is 11.4. The molecule has 3 aromatic carbocycles. The van der Waals surface area contributed by atoms with Gasteiger partial charge in [-0.05, 0) is 35.4 Å². The molecule has 26 heavy (non-hydrogen) atoms. The molecule has 0 saturated carbocycles. The van der Waals surface area contributed by atoms with Crippen LogP contribution < -0.4 is 0 Å². The van der Waals surface area contributed by atoms with Gasteiger partial charge in [0.05, 0.1) is 11.1 Å². The second-order valence-corrected chi connectivity index (χ2v) is 5.59. The van der Waals surface area contributed by atoms with Gasteiger partial charge in [-0.3, -0.25) is 0 Å². The fourth-order valence-electron chi connectivity index (χ4n) is 2.85. The van der Waals surface area contributed by atoms with Crippen molar-refractivity contribution in [1.29, 1.82) is 0 Å². The predicted molar refractivity (Wildman–Crippen MR) is 94.6 cm³/mol. The van der Waals surface area contributed by atoms with Crippen LogP contribution in [0.2, 0.25) is 0 Å². The molecule has 0 fully saturated rings. The third-order valence-electron chi connectivity index (χ3n) is 4.01. The molecule has 6 heteroatoms. The van der Waals surface area contributed by atoms with Crippen molar-refractivity contribution in [2.75, 3.05) is 0 Å². The average molecular weight is 350 g/mol. The molecule has 0 aliphatic carbocycles. The van der Waals surface area contributed by atoms with Crippen molar-refractivity contribution < 1.29 is 30.0 Å². The molecule has 0 saturated heterocycles. The minimum absolute atomic E-state index is 0.0495. The minimum atomic E-state index is -1.17. The molecule has 0 radical (unpaired) electrons. The molecule has 130 valence electrons. The van der Waals surface area contributed by atoms with E-state index in [1.807, 2.05) is 0 Å². The monoisotopic (exact) mass is 350 g/mol. The van der Waals surface area contributed by atoms with Crippen LogP contribution in [0.15, 0.2) is 60.7 Å². The predicted octanol–water partition coefficient (Wildman–Crippen LogP) is 3.83. The Bertz CT molecular complexity index is 923. The Morgan fingerprint density at radius 2 is 0.923 bits per heavy atom. The van der Waals surface area contributed by atoms with Crippen LogP contribution in [0, 0.1) is 0 Å². The summed E-state index contributed by atoms with van der Waals surface area (Å²) in [6, 6.07) is 14.7. The van der Waals surface area contributed by atoms with Crippen molar-refractivity contribution in [3.05, 3.63) is 71.8 Å². The number of phenolic OH excluding ortho intramolecular Hbond substituents is 2. The molecular formula is C20H14O6. The zero-order valence-electron chi connectivity index (χ0n) is 13.4. The number of carbonyl (C=O) groups is 2. The standard InChI is InChI=1S/C20H14O6/c21-15-5-1-3-13(19(23)24)17(15)11-7-9-12(10-8-11)18-14(20(25)26)4-2-6-16(18)22/h1-10,21-22H,(H,23,24)(H,25,26). The van der Waals surface area contributed by atoms with Gasteiger partial charge in [0.2, 0.25) is 0 Å². The quantitative estimate of drug-likeness (QED) is 0.568. The van der Waals surface area contributed by atoms with Gasteiger partial charge in [-0.15, -0.1) is 0 Å². The molecule has 0 unspecified atom stereocenters. The maximum atomic E-state index is 11.4. The number of aromatic carboxylic acids is 2. The topological polar surface area (TPSA) is 115 Å². The molecule has 0 amide bonds. The van der Waals surface area contributed by atoms with Crippen molar-refractivity contribution >= 4 is 11.9 Å². The van der Waals surface area contributed by atoms with Crippen LogP contribution in [0.5, 0.6) is 11.5 Å². The normalized spacial score (nSPS) is 10.5.